The summed E-state index contributed by atoms with van der Waals surface area (Å²) in [4.78, 5) is 2.44. The van der Waals surface area contributed by atoms with Gasteiger partial charge in [-0.05, 0) is 51.4 Å². The van der Waals surface area contributed by atoms with Crippen LogP contribution in [-0.2, 0) is 19.5 Å². The monoisotopic (exact) mass is 284 g/mol. The molecule has 1 aromatic heterocycles. The van der Waals surface area contributed by atoms with Crippen molar-refractivity contribution in [3.8, 4) is 0 Å². The van der Waals surface area contributed by atoms with Crippen molar-refractivity contribution in [2.75, 3.05) is 18.5 Å². The van der Waals surface area contributed by atoms with Crippen molar-refractivity contribution < 1.29 is 4.42 Å². The quantitative estimate of drug-likeness (QED) is 0.930. The molecule has 0 saturated carbocycles. The minimum absolute atomic E-state index is 0.862. The smallest absolute Gasteiger partial charge is 0.123 e. The maximum atomic E-state index is 5.93. The molecule has 2 aromatic rings. The fourth-order valence-electron chi connectivity index (χ4n) is 3.19. The molecule has 0 atom stereocenters. The SMILES string of the molecule is CNCc1cc(CN2CCCc3cc(C)ccc32)oc1C. The number of nitrogens with one attached hydrogen (secondary N) is 1. The summed E-state index contributed by atoms with van der Waals surface area (Å²) in [6.07, 6.45) is 2.41. The van der Waals surface area contributed by atoms with Gasteiger partial charge < -0.3 is 14.6 Å². The number of benzene rings is 1. The number of aryl methyl sites for hydroxylation is 3. The van der Waals surface area contributed by atoms with Gasteiger partial charge >= 0.3 is 0 Å². The van der Waals surface area contributed by atoms with Gasteiger partial charge in [0, 0.05) is 24.3 Å². The van der Waals surface area contributed by atoms with E-state index >= 15 is 0 Å². The highest BCUT2D eigenvalue weighted by molar-refractivity contribution is 5.56. The Kier molecular flexibility index (Phi) is 4.02. The van der Waals surface area contributed by atoms with Gasteiger partial charge in [0.15, 0.2) is 0 Å². The van der Waals surface area contributed by atoms with Gasteiger partial charge in [-0.2, -0.15) is 0 Å². The lowest BCUT2D eigenvalue weighted by Gasteiger charge is -2.30. The van der Waals surface area contributed by atoms with E-state index in [9.17, 15) is 0 Å². The van der Waals surface area contributed by atoms with Gasteiger partial charge in [-0.1, -0.05) is 17.7 Å². The molecule has 0 amide bonds. The van der Waals surface area contributed by atoms with Gasteiger partial charge in [-0.3, -0.25) is 0 Å². The largest absolute Gasteiger partial charge is 0.464 e. The lowest BCUT2D eigenvalue weighted by atomic mass is 9.99. The van der Waals surface area contributed by atoms with Gasteiger partial charge in [-0.15, -0.1) is 0 Å². The third-order valence-corrected chi connectivity index (χ3v) is 4.24. The third-order valence-electron chi connectivity index (χ3n) is 4.24. The number of anilines is 1. The van der Waals surface area contributed by atoms with Crippen LogP contribution in [0.2, 0.25) is 0 Å². The highest BCUT2D eigenvalue weighted by Crippen LogP contribution is 2.30. The molecule has 21 heavy (non-hydrogen) atoms. The number of furan rings is 1. The molecule has 0 fully saturated rings. The summed E-state index contributed by atoms with van der Waals surface area (Å²) in [6.45, 7) is 7.05. The van der Waals surface area contributed by atoms with E-state index in [1.165, 1.54) is 35.2 Å². The van der Waals surface area contributed by atoms with Crippen LogP contribution in [0.25, 0.3) is 0 Å². The zero-order valence-corrected chi connectivity index (χ0v) is 13.2. The standard InChI is InChI=1S/C18H24N2O/c1-13-6-7-18-15(9-13)5-4-8-20(18)12-17-10-16(11-19-3)14(2)21-17/h6-7,9-10,19H,4-5,8,11-12H2,1-3H3. The Labute approximate surface area is 127 Å². The van der Waals surface area contributed by atoms with Crippen LogP contribution in [0.15, 0.2) is 28.7 Å². The first-order valence-electron chi connectivity index (χ1n) is 7.74. The predicted octanol–water partition coefficient (Wildman–Crippen LogP) is 3.57. The molecule has 3 nitrogen and oxygen atoms in total. The molecule has 3 rings (SSSR count). The molecule has 0 aliphatic carbocycles. The fourth-order valence-corrected chi connectivity index (χ4v) is 3.19. The van der Waals surface area contributed by atoms with E-state index in [2.05, 4.69) is 41.4 Å². The molecule has 0 radical (unpaired) electrons. The Morgan fingerprint density at radius 1 is 1.24 bits per heavy atom. The normalized spacial score (nSPS) is 14.3. The molecule has 0 saturated heterocycles. The van der Waals surface area contributed by atoms with Crippen molar-refractivity contribution in [2.45, 2.75) is 39.8 Å². The van der Waals surface area contributed by atoms with Gasteiger partial charge in [0.05, 0.1) is 6.54 Å². The van der Waals surface area contributed by atoms with Crippen LogP contribution in [0.1, 0.15) is 34.6 Å². The molecule has 2 heterocycles. The van der Waals surface area contributed by atoms with E-state index in [0.29, 0.717) is 0 Å². The maximum Gasteiger partial charge on any atom is 0.123 e. The van der Waals surface area contributed by atoms with Crippen molar-refractivity contribution in [2.24, 2.45) is 0 Å². The van der Waals surface area contributed by atoms with Crippen molar-refractivity contribution in [3.05, 3.63) is 52.5 Å². The summed E-state index contributed by atoms with van der Waals surface area (Å²) in [5, 5.41) is 3.19. The van der Waals surface area contributed by atoms with Gasteiger partial charge in [0.1, 0.15) is 11.5 Å². The topological polar surface area (TPSA) is 28.4 Å². The molecule has 112 valence electrons. The first-order chi connectivity index (χ1) is 10.2. The van der Waals surface area contributed by atoms with E-state index in [1.807, 2.05) is 14.0 Å². The second kappa shape index (κ2) is 5.94. The molecule has 1 aliphatic heterocycles. The second-order valence-corrected chi connectivity index (χ2v) is 5.98. The Morgan fingerprint density at radius 3 is 2.90 bits per heavy atom. The Morgan fingerprint density at radius 2 is 2.10 bits per heavy atom. The van der Waals surface area contributed by atoms with Crippen LogP contribution < -0.4 is 10.2 Å². The summed E-state index contributed by atoms with van der Waals surface area (Å²) in [5.74, 6) is 2.09. The van der Waals surface area contributed by atoms with E-state index in [4.69, 9.17) is 4.42 Å². The van der Waals surface area contributed by atoms with E-state index < -0.39 is 0 Å². The van der Waals surface area contributed by atoms with Crippen LogP contribution in [0.4, 0.5) is 5.69 Å². The minimum Gasteiger partial charge on any atom is -0.464 e. The average Bonchev–Trinajstić information content (AvgIpc) is 2.79. The van der Waals surface area contributed by atoms with Crippen LogP contribution in [0.3, 0.4) is 0 Å². The Balaban J connectivity index is 1.82. The summed E-state index contributed by atoms with van der Waals surface area (Å²) in [5.41, 5.74) is 5.45. The zero-order chi connectivity index (χ0) is 14.8. The highest BCUT2D eigenvalue weighted by Gasteiger charge is 2.18. The first-order valence-corrected chi connectivity index (χ1v) is 7.74. The molecular formula is C18H24N2O. The van der Waals surface area contributed by atoms with Gasteiger partial charge in [0.2, 0.25) is 0 Å². The van der Waals surface area contributed by atoms with E-state index in [0.717, 1.165) is 31.2 Å². The first kappa shape index (κ1) is 14.2. The molecule has 1 aromatic carbocycles. The fraction of sp³-hybridized carbons (Fsp3) is 0.444. The highest BCUT2D eigenvalue weighted by atomic mass is 16.3. The number of rotatable bonds is 4. The Hall–Kier alpha value is -1.74. The van der Waals surface area contributed by atoms with Crippen molar-refractivity contribution in [3.63, 3.8) is 0 Å². The van der Waals surface area contributed by atoms with Crippen molar-refractivity contribution in [1.82, 2.24) is 5.32 Å². The van der Waals surface area contributed by atoms with Crippen LogP contribution >= 0.6 is 0 Å². The summed E-state index contributed by atoms with van der Waals surface area (Å²) in [6, 6.07) is 8.97. The number of fused-ring (bicyclic) bond motifs is 1. The van der Waals surface area contributed by atoms with Gasteiger partial charge in [-0.25, -0.2) is 0 Å². The Bertz CT molecular complexity index is 630. The molecule has 0 unspecified atom stereocenters. The summed E-state index contributed by atoms with van der Waals surface area (Å²) in [7, 11) is 1.97. The molecule has 0 spiro atoms. The molecular weight excluding hydrogens is 260 g/mol. The van der Waals surface area contributed by atoms with Crippen molar-refractivity contribution in [1.29, 1.82) is 0 Å². The molecule has 0 bridgehead atoms. The predicted molar refractivity (Wildman–Crippen MR) is 86.8 cm³/mol. The average molecular weight is 284 g/mol. The van der Waals surface area contributed by atoms with Crippen LogP contribution in [-0.4, -0.2) is 13.6 Å². The number of nitrogens with zero attached hydrogens (tertiary/aromatic N) is 1. The zero-order valence-electron chi connectivity index (χ0n) is 13.2. The maximum absolute atomic E-state index is 5.93. The van der Waals surface area contributed by atoms with Crippen molar-refractivity contribution >= 4 is 5.69 Å². The lowest BCUT2D eigenvalue weighted by Crippen LogP contribution is -2.28. The number of hydrogen-bond donors (Lipinski definition) is 1. The molecule has 1 N–H and O–H groups in total. The summed E-state index contributed by atoms with van der Waals surface area (Å²) >= 11 is 0. The molecule has 3 heteroatoms. The lowest BCUT2D eigenvalue weighted by molar-refractivity contribution is 0.471. The van der Waals surface area contributed by atoms with Gasteiger partial charge in [0.25, 0.3) is 0 Å². The molecule has 1 aliphatic rings. The van der Waals surface area contributed by atoms with Crippen LogP contribution in [0, 0.1) is 13.8 Å². The van der Waals surface area contributed by atoms with Crippen LogP contribution in [0.5, 0.6) is 0 Å². The summed E-state index contributed by atoms with van der Waals surface area (Å²) < 4.78 is 5.93. The second-order valence-electron chi connectivity index (χ2n) is 5.98. The third kappa shape index (κ3) is 2.98. The van der Waals surface area contributed by atoms with E-state index in [1.54, 1.807) is 0 Å². The van der Waals surface area contributed by atoms with E-state index in [-0.39, 0.29) is 0 Å². The minimum atomic E-state index is 0.862. The number of hydrogen-bond acceptors (Lipinski definition) is 3.